The molecule has 0 bridgehead atoms. The van der Waals surface area contributed by atoms with Gasteiger partial charge in [0.25, 0.3) is 0 Å². The first kappa shape index (κ1) is 26.1. The molecule has 3 aromatic rings. The number of benzene rings is 2. The fraction of sp³-hybridized carbons (Fsp3) is 0.240. The van der Waals surface area contributed by atoms with Crippen molar-refractivity contribution in [3.8, 4) is 5.75 Å². The van der Waals surface area contributed by atoms with Crippen molar-refractivity contribution in [2.45, 2.75) is 34.6 Å². The molecule has 0 spiro atoms. The molecule has 7 heteroatoms. The van der Waals surface area contributed by atoms with Gasteiger partial charge >= 0.3 is 33.3 Å². The third-order valence-electron chi connectivity index (χ3n) is 4.77. The van der Waals surface area contributed by atoms with Gasteiger partial charge in [-0.15, -0.1) is 0 Å². The Morgan fingerprint density at radius 3 is 1.84 bits per heavy atom. The van der Waals surface area contributed by atoms with Crippen molar-refractivity contribution in [1.29, 1.82) is 0 Å². The maximum atomic E-state index is 5.20. The molecule has 0 unspecified atom stereocenters. The summed E-state index contributed by atoms with van der Waals surface area (Å²) < 4.78 is 5.20. The van der Waals surface area contributed by atoms with Gasteiger partial charge in [0, 0.05) is 0 Å². The summed E-state index contributed by atoms with van der Waals surface area (Å²) >= 11 is 0.194. The standard InChI is InChI=1S/C25H27N3O.2ClH.Fe/c1-16-14-17(2)25(18(3)15-16)27-20(5)24-9-7-8-23(28-24)19(4)26-21-10-12-22(29-6)13-11-21;;;/h7-15H,1-6H3;2*1H;/q;;;+2/p-2. The van der Waals surface area contributed by atoms with Crippen molar-refractivity contribution in [3.05, 3.63) is 82.7 Å². The molecule has 0 aliphatic carbocycles. The molecule has 1 heterocycles. The number of aliphatic imine (C=N–C) groups is 2. The summed E-state index contributed by atoms with van der Waals surface area (Å²) in [6.45, 7) is 10.3. The van der Waals surface area contributed by atoms with Gasteiger partial charge in [0.05, 0.1) is 41.3 Å². The van der Waals surface area contributed by atoms with E-state index in [4.69, 9.17) is 34.9 Å². The Balaban J connectivity index is 0.00000114. The van der Waals surface area contributed by atoms with E-state index >= 15 is 0 Å². The third kappa shape index (κ3) is 7.46. The Labute approximate surface area is 205 Å². The first-order chi connectivity index (χ1) is 15.3. The fourth-order valence-corrected chi connectivity index (χ4v) is 3.32. The Bertz CT molecular complexity index is 1090. The summed E-state index contributed by atoms with van der Waals surface area (Å²) in [5.74, 6) is 0.815. The van der Waals surface area contributed by atoms with Crippen molar-refractivity contribution in [1.82, 2.24) is 4.98 Å². The van der Waals surface area contributed by atoms with Gasteiger partial charge < -0.3 is 4.74 Å². The molecule has 0 N–H and O–H groups in total. The van der Waals surface area contributed by atoms with Crippen LogP contribution in [0.3, 0.4) is 0 Å². The van der Waals surface area contributed by atoms with E-state index in [1.165, 1.54) is 16.7 Å². The van der Waals surface area contributed by atoms with E-state index < -0.39 is 0 Å². The molecule has 1 aromatic heterocycles. The molecule has 0 aliphatic heterocycles. The zero-order chi connectivity index (χ0) is 23.7. The number of nitrogens with zero attached hydrogens (tertiary/aromatic N) is 3. The van der Waals surface area contributed by atoms with Crippen molar-refractivity contribution >= 4 is 43.0 Å². The molecule has 0 saturated carbocycles. The summed E-state index contributed by atoms with van der Waals surface area (Å²) in [5, 5.41) is 0. The number of halogens is 2. The number of rotatable bonds is 5. The van der Waals surface area contributed by atoms with Gasteiger partial charge in [-0.2, -0.15) is 0 Å². The molecule has 4 nitrogen and oxygen atoms in total. The summed E-state index contributed by atoms with van der Waals surface area (Å²) in [7, 11) is 11.2. The van der Waals surface area contributed by atoms with Crippen LogP contribution in [0, 0.1) is 20.8 Å². The number of aryl methyl sites for hydroxylation is 3. The Kier molecular flexibility index (Phi) is 10.4. The molecule has 0 radical (unpaired) electrons. The molecule has 0 saturated heterocycles. The van der Waals surface area contributed by atoms with Crippen LogP contribution < -0.4 is 4.74 Å². The number of hydrogen-bond donors (Lipinski definition) is 0. The fourth-order valence-electron chi connectivity index (χ4n) is 3.32. The Morgan fingerprint density at radius 2 is 1.34 bits per heavy atom. The summed E-state index contributed by atoms with van der Waals surface area (Å²) in [6, 6.07) is 18.0. The minimum atomic E-state index is 0.194. The van der Waals surface area contributed by atoms with E-state index in [0.717, 1.165) is 39.9 Å². The Hall–Kier alpha value is -2.17. The van der Waals surface area contributed by atoms with E-state index in [2.05, 4.69) is 37.9 Å². The number of aromatic nitrogens is 1. The van der Waals surface area contributed by atoms with Gasteiger partial charge in [-0.1, -0.05) is 23.8 Å². The summed E-state index contributed by atoms with van der Waals surface area (Å²) in [6.07, 6.45) is 0. The Morgan fingerprint density at radius 1 is 0.844 bits per heavy atom. The van der Waals surface area contributed by atoms with Crippen molar-refractivity contribution in [2.75, 3.05) is 7.11 Å². The van der Waals surface area contributed by atoms with E-state index in [1.54, 1.807) is 7.11 Å². The molecule has 0 fully saturated rings. The molecule has 32 heavy (non-hydrogen) atoms. The normalized spacial score (nSPS) is 11.8. The third-order valence-corrected chi connectivity index (χ3v) is 4.77. The van der Waals surface area contributed by atoms with Gasteiger partial charge in [-0.25, -0.2) is 4.98 Å². The van der Waals surface area contributed by atoms with Gasteiger partial charge in [-0.3, -0.25) is 9.98 Å². The molecule has 0 atom stereocenters. The van der Waals surface area contributed by atoms with Crippen LogP contribution >= 0.6 is 20.2 Å². The van der Waals surface area contributed by atoms with Gasteiger partial charge in [-0.05, 0) is 82.1 Å². The van der Waals surface area contributed by atoms with Crippen LogP contribution in [0.5, 0.6) is 5.75 Å². The maximum absolute atomic E-state index is 5.20. The zero-order valence-electron chi connectivity index (χ0n) is 19.1. The van der Waals surface area contributed by atoms with E-state index in [1.807, 2.05) is 56.3 Å². The number of hydrogen-bond acceptors (Lipinski definition) is 4. The van der Waals surface area contributed by atoms with Gasteiger partial charge in [0.2, 0.25) is 0 Å². The SMILES string of the molecule is COc1ccc(N=C(C)c2cccc(C(C)=Nc3c(C)cc(C)cc3C)n2)cc1.[Cl][Fe][Cl]. The van der Waals surface area contributed by atoms with E-state index in [9.17, 15) is 0 Å². The average Bonchev–Trinajstić information content (AvgIpc) is 2.77. The average molecular weight is 512 g/mol. The van der Waals surface area contributed by atoms with Gasteiger partial charge in [0.1, 0.15) is 5.75 Å². The van der Waals surface area contributed by atoms with E-state index in [-0.39, 0.29) is 13.1 Å². The first-order valence-corrected chi connectivity index (χ1v) is 13.0. The zero-order valence-corrected chi connectivity index (χ0v) is 21.7. The second kappa shape index (κ2) is 12.8. The molecule has 0 amide bonds. The summed E-state index contributed by atoms with van der Waals surface area (Å²) in [5.41, 5.74) is 8.92. The second-order valence-corrected chi connectivity index (χ2v) is 9.12. The van der Waals surface area contributed by atoms with Crippen molar-refractivity contribution in [2.24, 2.45) is 9.98 Å². The number of methoxy groups -OCH3 is 1. The first-order valence-electron chi connectivity index (χ1n) is 9.94. The number of pyridine rings is 1. The van der Waals surface area contributed by atoms with Crippen LogP contribution in [0.15, 0.2) is 64.6 Å². The van der Waals surface area contributed by atoms with Crippen LogP contribution in [-0.2, 0) is 13.1 Å². The predicted octanol–water partition coefficient (Wildman–Crippen LogP) is 7.67. The topological polar surface area (TPSA) is 46.8 Å². The molecular formula is C25H27Cl2FeN3O. The van der Waals surface area contributed by atoms with Crippen molar-refractivity contribution < 1.29 is 17.9 Å². The quantitative estimate of drug-likeness (QED) is 0.260. The predicted molar refractivity (Wildman–Crippen MR) is 133 cm³/mol. The molecular weight excluding hydrogens is 485 g/mol. The van der Waals surface area contributed by atoms with Crippen LogP contribution in [-0.4, -0.2) is 23.5 Å². The van der Waals surface area contributed by atoms with Crippen molar-refractivity contribution in [3.63, 3.8) is 0 Å². The molecule has 2 aromatic carbocycles. The number of ether oxygens (including phenoxy) is 1. The molecule has 170 valence electrons. The monoisotopic (exact) mass is 511 g/mol. The molecule has 3 rings (SSSR count). The van der Waals surface area contributed by atoms with Crippen LogP contribution in [0.25, 0.3) is 0 Å². The van der Waals surface area contributed by atoms with Crippen LogP contribution in [0.2, 0.25) is 0 Å². The van der Waals surface area contributed by atoms with Gasteiger partial charge in [0.15, 0.2) is 0 Å². The van der Waals surface area contributed by atoms with Crippen LogP contribution in [0.4, 0.5) is 11.4 Å². The molecule has 0 aliphatic rings. The second-order valence-electron chi connectivity index (χ2n) is 7.30. The minimum absolute atomic E-state index is 0.194. The summed E-state index contributed by atoms with van der Waals surface area (Å²) in [4.78, 5) is 14.3. The van der Waals surface area contributed by atoms with Crippen LogP contribution in [0.1, 0.15) is 41.9 Å². The van der Waals surface area contributed by atoms with E-state index in [0.29, 0.717) is 0 Å².